The number of para-hydroxylation sites is 1. The summed E-state index contributed by atoms with van der Waals surface area (Å²) in [5.74, 6) is -4.16. The summed E-state index contributed by atoms with van der Waals surface area (Å²) in [7, 11) is 1.18. The molecule has 1 aliphatic heterocycles. The largest absolute Gasteiger partial charge is 0.505 e. The average Bonchev–Trinajstić information content (AvgIpc) is 2.46. The molecule has 0 saturated carbocycles. The van der Waals surface area contributed by atoms with Gasteiger partial charge >= 0.3 is 17.9 Å². The maximum absolute atomic E-state index is 11.8. The highest BCUT2D eigenvalue weighted by molar-refractivity contribution is 6.15. The summed E-state index contributed by atoms with van der Waals surface area (Å²) in [6.45, 7) is 2.86. The maximum atomic E-state index is 11.8. The summed E-state index contributed by atoms with van der Waals surface area (Å²) in [6.07, 6.45) is 1.04. The van der Waals surface area contributed by atoms with E-state index in [0.717, 1.165) is 6.20 Å². The number of anilines is 1. The molecule has 2 rings (SSSR count). The van der Waals surface area contributed by atoms with E-state index in [1.165, 1.54) is 39.2 Å². The predicted octanol–water partition coefficient (Wildman–Crippen LogP) is 1.31. The monoisotopic (exact) mass is 321 g/mol. The van der Waals surface area contributed by atoms with Gasteiger partial charge in [0.25, 0.3) is 5.79 Å². The smallest absolute Gasteiger partial charge is 0.350 e. The van der Waals surface area contributed by atoms with Crippen LogP contribution in [0.2, 0.25) is 0 Å². The quantitative estimate of drug-likeness (QED) is 0.371. The molecule has 1 aromatic carbocycles. The molecule has 122 valence electrons. The first kappa shape index (κ1) is 16.3. The number of aromatic hydroxyl groups is 1. The van der Waals surface area contributed by atoms with Gasteiger partial charge in [-0.15, -0.1) is 0 Å². The topological polar surface area (TPSA) is 111 Å². The molecule has 0 radical (unpaired) electrons. The van der Waals surface area contributed by atoms with Crippen molar-refractivity contribution in [3.8, 4) is 5.75 Å². The standard InChI is InChI=1S/C15H15NO7/c1-15(2)22-13(19)9(14(20)23-15)7-16-10-6-4-5-8(11(10)17)12(18)21-3/h4-7,16-17H,1-3H3. The van der Waals surface area contributed by atoms with Crippen molar-refractivity contribution in [3.05, 3.63) is 35.5 Å². The van der Waals surface area contributed by atoms with E-state index in [9.17, 15) is 19.5 Å². The Bertz CT molecular complexity index is 684. The molecule has 8 nitrogen and oxygen atoms in total. The summed E-state index contributed by atoms with van der Waals surface area (Å²) >= 11 is 0. The summed E-state index contributed by atoms with van der Waals surface area (Å²) < 4.78 is 14.4. The number of carbonyl (C=O) groups excluding carboxylic acids is 3. The van der Waals surface area contributed by atoms with Crippen molar-refractivity contribution in [1.82, 2.24) is 0 Å². The number of esters is 3. The van der Waals surface area contributed by atoms with Gasteiger partial charge in [0, 0.05) is 20.0 Å². The fraction of sp³-hybridized carbons (Fsp3) is 0.267. The Morgan fingerprint density at radius 1 is 1.26 bits per heavy atom. The molecule has 1 heterocycles. The molecule has 1 saturated heterocycles. The number of hydrogen-bond acceptors (Lipinski definition) is 8. The SMILES string of the molecule is COC(=O)c1cccc(NC=C2C(=O)OC(C)(C)OC2=O)c1O. The van der Waals surface area contributed by atoms with Crippen molar-refractivity contribution in [1.29, 1.82) is 0 Å². The first-order valence-corrected chi connectivity index (χ1v) is 6.59. The van der Waals surface area contributed by atoms with Crippen LogP contribution in [0.3, 0.4) is 0 Å². The summed E-state index contributed by atoms with van der Waals surface area (Å²) in [6, 6.07) is 4.31. The van der Waals surface area contributed by atoms with Crippen LogP contribution < -0.4 is 5.32 Å². The Labute approximate surface area is 131 Å². The zero-order chi connectivity index (χ0) is 17.2. The van der Waals surface area contributed by atoms with Crippen LogP contribution in [0, 0.1) is 0 Å². The Morgan fingerprint density at radius 3 is 2.43 bits per heavy atom. The van der Waals surface area contributed by atoms with Crippen LogP contribution in [0.25, 0.3) is 0 Å². The van der Waals surface area contributed by atoms with E-state index in [1.54, 1.807) is 0 Å². The minimum absolute atomic E-state index is 0.0640. The van der Waals surface area contributed by atoms with Crippen LogP contribution in [0.5, 0.6) is 5.75 Å². The first-order valence-electron chi connectivity index (χ1n) is 6.59. The van der Waals surface area contributed by atoms with Crippen molar-refractivity contribution in [3.63, 3.8) is 0 Å². The summed E-state index contributed by atoms with van der Waals surface area (Å²) in [4.78, 5) is 35.1. The lowest BCUT2D eigenvalue weighted by atomic mass is 10.1. The number of ether oxygens (including phenoxy) is 3. The number of cyclic esters (lactones) is 2. The molecule has 0 unspecified atom stereocenters. The number of phenolic OH excluding ortho intramolecular Hbond substituents is 1. The van der Waals surface area contributed by atoms with Gasteiger partial charge in [-0.1, -0.05) is 6.07 Å². The molecule has 0 aromatic heterocycles. The molecule has 0 spiro atoms. The van der Waals surface area contributed by atoms with Gasteiger partial charge in [0.15, 0.2) is 11.3 Å². The first-order chi connectivity index (χ1) is 10.7. The molecule has 1 aliphatic rings. The zero-order valence-electron chi connectivity index (χ0n) is 12.7. The zero-order valence-corrected chi connectivity index (χ0v) is 12.7. The highest BCUT2D eigenvalue weighted by Gasteiger charge is 2.39. The van der Waals surface area contributed by atoms with Gasteiger partial charge in [0.1, 0.15) is 5.56 Å². The van der Waals surface area contributed by atoms with Gasteiger partial charge in [0.05, 0.1) is 12.8 Å². The van der Waals surface area contributed by atoms with Gasteiger partial charge in [-0.05, 0) is 12.1 Å². The molecule has 0 bridgehead atoms. The van der Waals surface area contributed by atoms with Gasteiger partial charge in [-0.25, -0.2) is 14.4 Å². The number of methoxy groups -OCH3 is 1. The third kappa shape index (κ3) is 3.42. The van der Waals surface area contributed by atoms with Gasteiger partial charge in [-0.2, -0.15) is 0 Å². The number of phenols is 1. The second-order valence-electron chi connectivity index (χ2n) is 5.07. The van der Waals surface area contributed by atoms with E-state index in [0.29, 0.717) is 0 Å². The molecule has 23 heavy (non-hydrogen) atoms. The number of benzene rings is 1. The Kier molecular flexibility index (Phi) is 4.26. The third-order valence-corrected chi connectivity index (χ3v) is 2.93. The van der Waals surface area contributed by atoms with Crippen LogP contribution in [0.4, 0.5) is 5.69 Å². The van der Waals surface area contributed by atoms with Crippen molar-refractivity contribution >= 4 is 23.6 Å². The van der Waals surface area contributed by atoms with Crippen molar-refractivity contribution < 1.29 is 33.7 Å². The van der Waals surface area contributed by atoms with Crippen LogP contribution in [0.1, 0.15) is 24.2 Å². The molecule has 1 fully saturated rings. The van der Waals surface area contributed by atoms with E-state index >= 15 is 0 Å². The maximum Gasteiger partial charge on any atom is 0.350 e. The minimum atomic E-state index is -1.33. The lowest BCUT2D eigenvalue weighted by Crippen LogP contribution is -2.42. The summed E-state index contributed by atoms with van der Waals surface area (Å²) in [5.41, 5.74) is -0.330. The van der Waals surface area contributed by atoms with Gasteiger partial charge in [0.2, 0.25) is 0 Å². The van der Waals surface area contributed by atoms with Crippen molar-refractivity contribution in [2.75, 3.05) is 12.4 Å². The van der Waals surface area contributed by atoms with Crippen LogP contribution in [-0.2, 0) is 23.8 Å². The molecule has 0 atom stereocenters. The lowest BCUT2D eigenvalue weighted by Gasteiger charge is -2.29. The van der Waals surface area contributed by atoms with Crippen LogP contribution in [-0.4, -0.2) is 35.9 Å². The van der Waals surface area contributed by atoms with E-state index < -0.39 is 23.7 Å². The second-order valence-corrected chi connectivity index (χ2v) is 5.07. The lowest BCUT2D eigenvalue weighted by molar-refractivity contribution is -0.222. The molecule has 2 N–H and O–H groups in total. The molecule has 1 aromatic rings. The Morgan fingerprint density at radius 2 is 1.87 bits per heavy atom. The highest BCUT2D eigenvalue weighted by atomic mass is 16.7. The molecule has 8 heteroatoms. The van der Waals surface area contributed by atoms with Crippen molar-refractivity contribution in [2.45, 2.75) is 19.6 Å². The Hall–Kier alpha value is -3.03. The number of hydrogen-bond donors (Lipinski definition) is 2. The average molecular weight is 321 g/mol. The van der Waals surface area contributed by atoms with E-state index in [4.69, 9.17) is 9.47 Å². The predicted molar refractivity (Wildman–Crippen MR) is 77.4 cm³/mol. The number of rotatable bonds is 3. The van der Waals surface area contributed by atoms with E-state index in [-0.39, 0.29) is 22.6 Å². The molecular formula is C15H15NO7. The molecule has 0 amide bonds. The molecular weight excluding hydrogens is 306 g/mol. The van der Waals surface area contributed by atoms with Gasteiger partial charge in [-0.3, -0.25) is 0 Å². The van der Waals surface area contributed by atoms with Crippen LogP contribution >= 0.6 is 0 Å². The third-order valence-electron chi connectivity index (χ3n) is 2.93. The number of nitrogens with one attached hydrogen (secondary N) is 1. The summed E-state index contributed by atoms with van der Waals surface area (Å²) in [5, 5.41) is 12.6. The fourth-order valence-corrected chi connectivity index (χ4v) is 1.86. The Balaban J connectivity index is 2.25. The number of carbonyl (C=O) groups is 3. The van der Waals surface area contributed by atoms with Gasteiger partial charge < -0.3 is 24.6 Å². The highest BCUT2D eigenvalue weighted by Crippen LogP contribution is 2.29. The fourth-order valence-electron chi connectivity index (χ4n) is 1.86. The second kappa shape index (κ2) is 5.99. The van der Waals surface area contributed by atoms with Crippen LogP contribution in [0.15, 0.2) is 30.0 Å². The van der Waals surface area contributed by atoms with E-state index in [1.807, 2.05) is 0 Å². The van der Waals surface area contributed by atoms with Crippen molar-refractivity contribution in [2.24, 2.45) is 0 Å². The normalized spacial score (nSPS) is 16.2. The minimum Gasteiger partial charge on any atom is -0.505 e. The molecule has 0 aliphatic carbocycles. The van der Waals surface area contributed by atoms with E-state index in [2.05, 4.69) is 10.1 Å².